The predicted molar refractivity (Wildman–Crippen MR) is 48.5 cm³/mol. The van der Waals surface area contributed by atoms with Gasteiger partial charge in [0.05, 0.1) is 0 Å². The maximum atomic E-state index is 4.19. The van der Waals surface area contributed by atoms with Gasteiger partial charge in [-0.05, 0) is 11.9 Å². The molecule has 2 rings (SSSR count). The summed E-state index contributed by atoms with van der Waals surface area (Å²) < 4.78 is 0. The van der Waals surface area contributed by atoms with Gasteiger partial charge in [-0.1, -0.05) is 23.8 Å². The van der Waals surface area contributed by atoms with Crippen LogP contribution in [-0.4, -0.2) is 4.98 Å². The van der Waals surface area contributed by atoms with Crippen LogP contribution in [-0.2, 0) is 21.1 Å². The van der Waals surface area contributed by atoms with Crippen LogP contribution in [0.5, 0.6) is 0 Å². The van der Waals surface area contributed by atoms with Crippen molar-refractivity contribution in [1.29, 1.82) is 0 Å². The van der Waals surface area contributed by atoms with Crippen molar-refractivity contribution in [1.82, 2.24) is 4.98 Å². The van der Waals surface area contributed by atoms with Gasteiger partial charge in [-0.3, -0.25) is 4.98 Å². The van der Waals surface area contributed by atoms with Crippen LogP contribution in [0.4, 0.5) is 0 Å². The van der Waals surface area contributed by atoms with Crippen molar-refractivity contribution in [2.45, 2.75) is 0 Å². The van der Waals surface area contributed by atoms with Crippen molar-refractivity contribution >= 4 is 0 Å². The molecule has 0 fully saturated rings. The molecule has 1 aromatic heterocycles. The molecule has 0 aliphatic carbocycles. The first-order chi connectivity index (χ1) is 5.97. The molecule has 0 saturated heterocycles. The molecule has 2 heteroatoms. The molecule has 0 spiro atoms. The van der Waals surface area contributed by atoms with Crippen molar-refractivity contribution in [3.63, 3.8) is 0 Å². The van der Waals surface area contributed by atoms with Crippen LogP contribution in [0.3, 0.4) is 0 Å². The maximum Gasteiger partial charge on any atom is 0 e. The van der Waals surface area contributed by atoms with Gasteiger partial charge >= 0.3 is 0 Å². The molecule has 13 heavy (non-hydrogen) atoms. The smallest absolute Gasteiger partial charge is 0 e. The van der Waals surface area contributed by atoms with Crippen molar-refractivity contribution < 1.29 is 21.1 Å². The molecule has 0 aliphatic rings. The molecule has 0 bridgehead atoms. The summed E-state index contributed by atoms with van der Waals surface area (Å²) in [6, 6.07) is 16.9. The van der Waals surface area contributed by atoms with E-state index in [4.69, 9.17) is 0 Å². The van der Waals surface area contributed by atoms with Gasteiger partial charge in [-0.25, -0.2) is 0 Å². The van der Waals surface area contributed by atoms with E-state index in [1.54, 1.807) is 6.20 Å². The molecule has 64 valence electrons. The zero-order chi connectivity index (χ0) is 8.23. The van der Waals surface area contributed by atoms with Crippen LogP contribution in [0, 0.1) is 6.07 Å². The van der Waals surface area contributed by atoms with Gasteiger partial charge in [0.2, 0.25) is 0 Å². The van der Waals surface area contributed by atoms with E-state index in [0.717, 1.165) is 11.3 Å². The van der Waals surface area contributed by atoms with E-state index in [1.807, 2.05) is 42.5 Å². The van der Waals surface area contributed by atoms with Gasteiger partial charge in [0.15, 0.2) is 0 Å². The van der Waals surface area contributed by atoms with E-state index in [2.05, 4.69) is 11.1 Å². The van der Waals surface area contributed by atoms with E-state index in [-0.39, 0.29) is 21.1 Å². The topological polar surface area (TPSA) is 12.9 Å². The molecule has 0 atom stereocenters. The molecular weight excluding hydrogens is 242 g/mol. The third-order valence-electron chi connectivity index (χ3n) is 1.65. The number of aromatic nitrogens is 1. The van der Waals surface area contributed by atoms with E-state index in [9.17, 15) is 0 Å². The number of hydrogen-bond donors (Lipinski definition) is 0. The largest absolute Gasteiger partial charge is 0.296 e. The first kappa shape index (κ1) is 10.1. The fourth-order valence-corrected chi connectivity index (χ4v) is 1.08. The Morgan fingerprint density at radius 3 is 2.38 bits per heavy atom. The zero-order valence-corrected chi connectivity index (χ0v) is 8.98. The van der Waals surface area contributed by atoms with E-state index in [0.29, 0.717) is 0 Å². The Hall–Kier alpha value is -0.942. The summed E-state index contributed by atoms with van der Waals surface area (Å²) in [5.74, 6) is 0. The molecule has 1 aromatic carbocycles. The quantitative estimate of drug-likeness (QED) is 0.560. The number of hydrogen-bond acceptors (Lipinski definition) is 1. The first-order valence-corrected chi connectivity index (χ1v) is 3.85. The second-order valence-electron chi connectivity index (χ2n) is 2.50. The van der Waals surface area contributed by atoms with Gasteiger partial charge in [0, 0.05) is 21.1 Å². The third-order valence-corrected chi connectivity index (χ3v) is 1.65. The Bertz CT molecular complexity index is 307. The number of nitrogens with zero attached hydrogens (tertiary/aromatic N) is 1. The molecule has 0 saturated carbocycles. The Kier molecular flexibility index (Phi) is 3.85. The van der Waals surface area contributed by atoms with Crippen LogP contribution in [0.25, 0.3) is 11.3 Å². The van der Waals surface area contributed by atoms with Crippen LogP contribution in [0.2, 0.25) is 0 Å². The zero-order valence-electron chi connectivity index (χ0n) is 6.97. The summed E-state index contributed by atoms with van der Waals surface area (Å²) in [5.41, 5.74) is 2.01. The number of rotatable bonds is 1. The minimum Gasteiger partial charge on any atom is -0.296 e. The van der Waals surface area contributed by atoms with Gasteiger partial charge in [-0.15, -0.1) is 18.2 Å². The molecule has 0 unspecified atom stereocenters. The van der Waals surface area contributed by atoms with Crippen LogP contribution < -0.4 is 0 Å². The minimum atomic E-state index is 0. The first-order valence-electron chi connectivity index (χ1n) is 3.85. The molecule has 0 aliphatic heterocycles. The average Bonchev–Trinajstić information content (AvgIpc) is 2.21. The van der Waals surface area contributed by atoms with Crippen molar-refractivity contribution in [2.24, 2.45) is 0 Å². The van der Waals surface area contributed by atoms with E-state index < -0.39 is 0 Å². The monoisotopic (exact) mass is 252 g/mol. The van der Waals surface area contributed by atoms with Gasteiger partial charge in [0.25, 0.3) is 0 Å². The molecular formula is C11H8MoN-. The summed E-state index contributed by atoms with van der Waals surface area (Å²) in [5, 5.41) is 0. The Labute approximate surface area is 92.1 Å². The SMILES string of the molecule is [Mo].[c-]1cccnc1-c1ccccc1. The second-order valence-corrected chi connectivity index (χ2v) is 2.50. The fraction of sp³-hybridized carbons (Fsp3) is 0. The summed E-state index contributed by atoms with van der Waals surface area (Å²) in [6.45, 7) is 0. The van der Waals surface area contributed by atoms with Crippen LogP contribution in [0.1, 0.15) is 0 Å². The van der Waals surface area contributed by atoms with Gasteiger partial charge in [0.1, 0.15) is 0 Å². The summed E-state index contributed by atoms with van der Waals surface area (Å²) in [4.78, 5) is 4.19. The molecule has 2 aromatic rings. The Balaban J connectivity index is 0.000000845. The molecule has 1 nitrogen and oxygen atoms in total. The standard InChI is InChI=1S/C11H8N.Mo/c1-2-6-10(7-3-1)11-8-4-5-9-12-11;/h1-7,9H;/q-1;. The van der Waals surface area contributed by atoms with E-state index >= 15 is 0 Å². The Morgan fingerprint density at radius 2 is 1.77 bits per heavy atom. The van der Waals surface area contributed by atoms with E-state index in [1.165, 1.54) is 0 Å². The third kappa shape index (κ3) is 2.50. The van der Waals surface area contributed by atoms with Crippen molar-refractivity contribution in [3.8, 4) is 11.3 Å². The van der Waals surface area contributed by atoms with Crippen molar-refractivity contribution in [3.05, 3.63) is 54.7 Å². The maximum absolute atomic E-state index is 4.19. The molecule has 1 heterocycles. The Morgan fingerprint density at radius 1 is 1.00 bits per heavy atom. The second kappa shape index (κ2) is 4.93. The molecule has 0 radical (unpaired) electrons. The van der Waals surface area contributed by atoms with Crippen LogP contribution in [0.15, 0.2) is 48.7 Å². The van der Waals surface area contributed by atoms with Gasteiger partial charge < -0.3 is 0 Å². The predicted octanol–water partition coefficient (Wildman–Crippen LogP) is 2.55. The molecule has 0 amide bonds. The molecule has 0 N–H and O–H groups in total. The summed E-state index contributed by atoms with van der Waals surface area (Å²) >= 11 is 0. The number of pyridine rings is 1. The summed E-state index contributed by atoms with van der Waals surface area (Å²) in [7, 11) is 0. The fourth-order valence-electron chi connectivity index (χ4n) is 1.08. The average molecular weight is 250 g/mol. The van der Waals surface area contributed by atoms with Crippen molar-refractivity contribution in [2.75, 3.05) is 0 Å². The van der Waals surface area contributed by atoms with Crippen LogP contribution >= 0.6 is 0 Å². The minimum absolute atomic E-state index is 0. The van der Waals surface area contributed by atoms with Gasteiger partial charge in [-0.2, -0.15) is 12.1 Å². The number of benzene rings is 1. The normalized spacial score (nSPS) is 8.92. The summed E-state index contributed by atoms with van der Waals surface area (Å²) in [6.07, 6.45) is 1.78.